The summed E-state index contributed by atoms with van der Waals surface area (Å²) in [6.07, 6.45) is 7.51. The van der Waals surface area contributed by atoms with E-state index in [-0.39, 0.29) is 0 Å². The quantitative estimate of drug-likeness (QED) is 0.375. The number of isocyanates is 1. The molecule has 0 bridgehead atoms. The zero-order valence-electron chi connectivity index (χ0n) is 7.16. The third kappa shape index (κ3) is 2.72. The van der Waals surface area contributed by atoms with E-state index in [0.717, 1.165) is 12.8 Å². The summed E-state index contributed by atoms with van der Waals surface area (Å²) in [6, 6.07) is 2.07. The molecule has 0 spiro atoms. The van der Waals surface area contributed by atoms with E-state index in [1.54, 1.807) is 0 Å². The van der Waals surface area contributed by atoms with Crippen molar-refractivity contribution in [2.24, 2.45) is 12.0 Å². The molecule has 1 aromatic rings. The maximum absolute atomic E-state index is 9.72. The van der Waals surface area contributed by atoms with Crippen molar-refractivity contribution < 1.29 is 4.79 Å². The molecule has 1 rings (SSSR count). The van der Waals surface area contributed by atoms with Gasteiger partial charge in [-0.15, -0.1) is 0 Å². The molecule has 0 fully saturated rings. The van der Waals surface area contributed by atoms with E-state index in [1.165, 1.54) is 11.6 Å². The molecular weight excluding hydrogens is 152 g/mol. The summed E-state index contributed by atoms with van der Waals surface area (Å²) in [5.41, 5.74) is 1.29. The van der Waals surface area contributed by atoms with Gasteiger partial charge in [0.1, 0.15) is 0 Å². The highest BCUT2D eigenvalue weighted by molar-refractivity contribution is 5.32. The summed E-state index contributed by atoms with van der Waals surface area (Å²) < 4.78 is 2.01. The molecule has 0 aromatic carbocycles. The molecule has 3 nitrogen and oxygen atoms in total. The lowest BCUT2D eigenvalue weighted by atomic mass is 10.2. The number of carbonyl (C=O) groups excluding carboxylic acids is 1. The van der Waals surface area contributed by atoms with Crippen LogP contribution in [0.2, 0.25) is 0 Å². The van der Waals surface area contributed by atoms with E-state index in [1.807, 2.05) is 17.8 Å². The van der Waals surface area contributed by atoms with E-state index >= 15 is 0 Å². The van der Waals surface area contributed by atoms with Gasteiger partial charge in [0.15, 0.2) is 0 Å². The van der Waals surface area contributed by atoms with Crippen LogP contribution in [-0.2, 0) is 18.3 Å². The molecule has 0 unspecified atom stereocenters. The van der Waals surface area contributed by atoms with Crippen molar-refractivity contribution >= 4 is 6.08 Å². The Kier molecular flexibility index (Phi) is 3.30. The third-order valence-corrected chi connectivity index (χ3v) is 1.69. The van der Waals surface area contributed by atoms with Crippen LogP contribution in [0, 0.1) is 0 Å². The molecule has 0 aliphatic rings. The molecule has 0 amide bonds. The molecule has 0 N–H and O–H groups in total. The lowest BCUT2D eigenvalue weighted by Crippen LogP contribution is -1.86. The van der Waals surface area contributed by atoms with Crippen LogP contribution in [0.15, 0.2) is 23.5 Å². The van der Waals surface area contributed by atoms with Crippen molar-refractivity contribution in [3.8, 4) is 0 Å². The van der Waals surface area contributed by atoms with Gasteiger partial charge in [0.05, 0.1) is 6.54 Å². The van der Waals surface area contributed by atoms with Crippen LogP contribution < -0.4 is 0 Å². The van der Waals surface area contributed by atoms with Gasteiger partial charge in [-0.25, -0.2) is 9.79 Å². The van der Waals surface area contributed by atoms with E-state index in [4.69, 9.17) is 0 Å². The topological polar surface area (TPSA) is 34.4 Å². The molecule has 0 radical (unpaired) electrons. The van der Waals surface area contributed by atoms with Crippen LogP contribution in [0.5, 0.6) is 0 Å². The number of nitrogens with zero attached hydrogens (tertiary/aromatic N) is 2. The second kappa shape index (κ2) is 4.52. The Morgan fingerprint density at radius 2 is 2.50 bits per heavy atom. The molecule has 0 saturated heterocycles. The molecule has 3 heteroatoms. The zero-order chi connectivity index (χ0) is 8.81. The highest BCUT2D eigenvalue weighted by Crippen LogP contribution is 2.02. The molecule has 64 valence electrons. The van der Waals surface area contributed by atoms with Gasteiger partial charge in [0.2, 0.25) is 6.08 Å². The largest absolute Gasteiger partial charge is 0.357 e. The smallest absolute Gasteiger partial charge is 0.234 e. The summed E-state index contributed by atoms with van der Waals surface area (Å²) in [7, 11) is 1.99. The second-order valence-electron chi connectivity index (χ2n) is 2.76. The Morgan fingerprint density at radius 1 is 1.67 bits per heavy atom. The van der Waals surface area contributed by atoms with Crippen molar-refractivity contribution in [3.63, 3.8) is 0 Å². The summed E-state index contributed by atoms with van der Waals surface area (Å²) in [5.74, 6) is 0. The minimum absolute atomic E-state index is 0.582. The van der Waals surface area contributed by atoms with Crippen LogP contribution >= 0.6 is 0 Å². The monoisotopic (exact) mass is 164 g/mol. The van der Waals surface area contributed by atoms with Gasteiger partial charge in [-0.2, -0.15) is 0 Å². The van der Waals surface area contributed by atoms with Gasteiger partial charge in [0, 0.05) is 19.4 Å². The van der Waals surface area contributed by atoms with E-state index in [0.29, 0.717) is 6.54 Å². The summed E-state index contributed by atoms with van der Waals surface area (Å²) in [6.45, 7) is 0.582. The number of hydrogen-bond acceptors (Lipinski definition) is 2. The highest BCUT2D eigenvalue weighted by Gasteiger charge is 1.93. The summed E-state index contributed by atoms with van der Waals surface area (Å²) >= 11 is 0. The van der Waals surface area contributed by atoms with Gasteiger partial charge in [-0.3, -0.25) is 0 Å². The van der Waals surface area contributed by atoms with Crippen molar-refractivity contribution in [2.75, 3.05) is 6.54 Å². The maximum Gasteiger partial charge on any atom is 0.234 e. The van der Waals surface area contributed by atoms with Crippen LogP contribution in [0.25, 0.3) is 0 Å². The predicted octanol–water partition coefficient (Wildman–Crippen LogP) is 1.29. The number of aliphatic imine (C=N–C) groups is 1. The normalized spacial score (nSPS) is 9.42. The number of hydrogen-bond donors (Lipinski definition) is 0. The first kappa shape index (κ1) is 8.75. The number of aryl methyl sites for hydroxylation is 2. The molecule has 1 aromatic heterocycles. The molecule has 1 heterocycles. The summed E-state index contributed by atoms with van der Waals surface area (Å²) in [4.78, 5) is 13.2. The first-order valence-corrected chi connectivity index (χ1v) is 3.97. The van der Waals surface area contributed by atoms with Gasteiger partial charge >= 0.3 is 0 Å². The Balaban J connectivity index is 2.28. The number of rotatable bonds is 4. The SMILES string of the molecule is Cn1ccc(CCCN=C=O)c1. The first-order valence-electron chi connectivity index (χ1n) is 3.97. The molecule has 0 aliphatic heterocycles. The maximum atomic E-state index is 9.72. The van der Waals surface area contributed by atoms with E-state index in [9.17, 15) is 4.79 Å². The van der Waals surface area contributed by atoms with Crippen molar-refractivity contribution in [1.29, 1.82) is 0 Å². The van der Waals surface area contributed by atoms with Crippen molar-refractivity contribution in [3.05, 3.63) is 24.0 Å². The number of aromatic nitrogens is 1. The Labute approximate surface area is 71.7 Å². The minimum atomic E-state index is 0.582. The van der Waals surface area contributed by atoms with Crippen molar-refractivity contribution in [2.45, 2.75) is 12.8 Å². The van der Waals surface area contributed by atoms with Gasteiger partial charge in [-0.05, 0) is 24.5 Å². The Bertz CT molecular complexity index is 284. The van der Waals surface area contributed by atoms with E-state index in [2.05, 4.69) is 17.3 Å². The molecule has 0 atom stereocenters. The van der Waals surface area contributed by atoms with Gasteiger partial charge < -0.3 is 4.57 Å². The zero-order valence-corrected chi connectivity index (χ0v) is 7.16. The fraction of sp³-hybridized carbons (Fsp3) is 0.444. The molecule has 0 saturated carbocycles. The molecule has 12 heavy (non-hydrogen) atoms. The minimum Gasteiger partial charge on any atom is -0.357 e. The van der Waals surface area contributed by atoms with Crippen LogP contribution in [0.4, 0.5) is 0 Å². The lowest BCUT2D eigenvalue weighted by molar-refractivity contribution is 0.562. The average molecular weight is 164 g/mol. The van der Waals surface area contributed by atoms with Gasteiger partial charge in [-0.1, -0.05) is 0 Å². The average Bonchev–Trinajstić information content (AvgIpc) is 2.45. The molecule has 0 aliphatic carbocycles. The Hall–Kier alpha value is -1.34. The lowest BCUT2D eigenvalue weighted by Gasteiger charge is -1.92. The summed E-state index contributed by atoms with van der Waals surface area (Å²) in [5, 5.41) is 0. The predicted molar refractivity (Wildman–Crippen MR) is 46.7 cm³/mol. The van der Waals surface area contributed by atoms with Crippen LogP contribution in [-0.4, -0.2) is 17.2 Å². The fourth-order valence-electron chi connectivity index (χ4n) is 1.12. The highest BCUT2D eigenvalue weighted by atomic mass is 16.1. The van der Waals surface area contributed by atoms with E-state index < -0.39 is 0 Å². The first-order chi connectivity index (χ1) is 5.83. The standard InChI is InChI=1S/C9H12N2O/c1-11-6-4-9(7-11)3-2-5-10-8-12/h4,6-7H,2-3,5H2,1H3. The van der Waals surface area contributed by atoms with Crippen molar-refractivity contribution in [1.82, 2.24) is 4.57 Å². The third-order valence-electron chi connectivity index (χ3n) is 1.69. The van der Waals surface area contributed by atoms with Crippen LogP contribution in [0.1, 0.15) is 12.0 Å². The van der Waals surface area contributed by atoms with Crippen LogP contribution in [0.3, 0.4) is 0 Å². The Morgan fingerprint density at radius 3 is 3.08 bits per heavy atom. The second-order valence-corrected chi connectivity index (χ2v) is 2.76. The molecular formula is C9H12N2O. The fourth-order valence-corrected chi connectivity index (χ4v) is 1.12. The van der Waals surface area contributed by atoms with Gasteiger partial charge in [0.25, 0.3) is 0 Å².